The van der Waals surface area contributed by atoms with Crippen molar-refractivity contribution in [1.29, 1.82) is 0 Å². The van der Waals surface area contributed by atoms with Crippen molar-refractivity contribution in [2.24, 2.45) is 4.99 Å². The number of amides is 1. The van der Waals surface area contributed by atoms with Crippen LogP contribution in [0, 0.1) is 17.0 Å². The smallest absolute Gasteiger partial charge is 0.269 e. The summed E-state index contributed by atoms with van der Waals surface area (Å²) in [5, 5.41) is 17.0. The van der Waals surface area contributed by atoms with E-state index in [1.54, 1.807) is 26.2 Å². The summed E-state index contributed by atoms with van der Waals surface area (Å²) in [6.07, 6.45) is 0. The van der Waals surface area contributed by atoms with Crippen molar-refractivity contribution in [2.45, 2.75) is 20.0 Å². The van der Waals surface area contributed by atoms with Crippen LogP contribution in [-0.2, 0) is 17.9 Å². The molecule has 29 heavy (non-hydrogen) atoms. The molecular formula is C20H26IN5O3. The molecule has 8 nitrogen and oxygen atoms in total. The molecule has 2 rings (SSSR count). The van der Waals surface area contributed by atoms with E-state index >= 15 is 0 Å². The van der Waals surface area contributed by atoms with E-state index in [0.717, 1.165) is 16.7 Å². The Labute approximate surface area is 187 Å². The Morgan fingerprint density at radius 2 is 1.76 bits per heavy atom. The van der Waals surface area contributed by atoms with E-state index in [9.17, 15) is 14.9 Å². The van der Waals surface area contributed by atoms with Crippen LogP contribution in [0.15, 0.2) is 53.5 Å². The molecule has 0 heterocycles. The Bertz CT molecular complexity index is 853. The van der Waals surface area contributed by atoms with Crippen LogP contribution in [0.5, 0.6) is 0 Å². The number of carbonyl (C=O) groups excluding carboxylic acids is 1. The summed E-state index contributed by atoms with van der Waals surface area (Å²) in [7, 11) is 3.39. The Morgan fingerprint density at radius 3 is 2.34 bits per heavy atom. The molecule has 156 valence electrons. The third-order valence-corrected chi connectivity index (χ3v) is 4.18. The highest BCUT2D eigenvalue weighted by atomic mass is 127. The summed E-state index contributed by atoms with van der Waals surface area (Å²) in [5.74, 6) is 0.428. The number of guanidine groups is 1. The molecule has 0 spiro atoms. The number of carbonyl (C=O) groups is 1. The number of nitrogens with one attached hydrogen (secondary N) is 2. The van der Waals surface area contributed by atoms with E-state index in [2.05, 4.69) is 15.6 Å². The second-order valence-electron chi connectivity index (χ2n) is 6.51. The van der Waals surface area contributed by atoms with Crippen LogP contribution in [0.3, 0.4) is 0 Å². The van der Waals surface area contributed by atoms with Crippen molar-refractivity contribution in [3.05, 3.63) is 75.3 Å². The predicted molar refractivity (Wildman–Crippen MR) is 124 cm³/mol. The first kappa shape index (κ1) is 24.3. The minimum atomic E-state index is -0.434. The van der Waals surface area contributed by atoms with Gasteiger partial charge in [-0.1, -0.05) is 36.4 Å². The fourth-order valence-corrected chi connectivity index (χ4v) is 2.37. The van der Waals surface area contributed by atoms with Gasteiger partial charge >= 0.3 is 0 Å². The zero-order chi connectivity index (χ0) is 20.5. The van der Waals surface area contributed by atoms with Gasteiger partial charge in [0, 0.05) is 32.8 Å². The van der Waals surface area contributed by atoms with E-state index < -0.39 is 4.92 Å². The number of non-ortho nitro benzene ring substituents is 1. The fraction of sp³-hybridized carbons (Fsp3) is 0.300. The number of rotatable bonds is 7. The molecule has 0 saturated carbocycles. The lowest BCUT2D eigenvalue weighted by Crippen LogP contribution is -2.42. The number of hydrogen-bond donors (Lipinski definition) is 2. The van der Waals surface area contributed by atoms with Crippen LogP contribution >= 0.6 is 24.0 Å². The molecule has 0 aromatic heterocycles. The number of aliphatic imine (C=N–C) groups is 1. The Balaban J connectivity index is 0.00000420. The largest absolute Gasteiger partial charge is 0.352 e. The highest BCUT2D eigenvalue weighted by molar-refractivity contribution is 14.0. The number of nitro groups is 1. The first-order valence-corrected chi connectivity index (χ1v) is 8.87. The summed E-state index contributed by atoms with van der Waals surface area (Å²) in [5.41, 5.74) is 3.17. The van der Waals surface area contributed by atoms with Gasteiger partial charge in [0.15, 0.2) is 5.96 Å². The van der Waals surface area contributed by atoms with E-state index in [-0.39, 0.29) is 42.1 Å². The van der Waals surface area contributed by atoms with Gasteiger partial charge in [-0.25, -0.2) is 4.99 Å². The lowest BCUT2D eigenvalue weighted by Gasteiger charge is -2.15. The normalized spacial score (nSPS) is 10.7. The van der Waals surface area contributed by atoms with Gasteiger partial charge in [0.05, 0.1) is 18.0 Å². The summed E-state index contributed by atoms with van der Waals surface area (Å²) in [6.45, 7) is 3.05. The van der Waals surface area contributed by atoms with Crippen LogP contribution in [0.4, 0.5) is 5.69 Å². The van der Waals surface area contributed by atoms with Crippen LogP contribution in [0.25, 0.3) is 0 Å². The Kier molecular flexibility index (Phi) is 10.1. The molecule has 0 aliphatic heterocycles. The van der Waals surface area contributed by atoms with Crippen molar-refractivity contribution in [3.8, 4) is 0 Å². The van der Waals surface area contributed by atoms with Gasteiger partial charge in [0.1, 0.15) is 0 Å². The second kappa shape index (κ2) is 12.0. The molecule has 2 N–H and O–H groups in total. The van der Waals surface area contributed by atoms with Gasteiger partial charge in [0.2, 0.25) is 5.91 Å². The summed E-state index contributed by atoms with van der Waals surface area (Å²) in [6, 6.07) is 14.3. The molecule has 0 aliphatic carbocycles. The quantitative estimate of drug-likeness (QED) is 0.196. The molecule has 0 aliphatic rings. The number of halogens is 1. The molecule has 2 aromatic carbocycles. The topological polar surface area (TPSA) is 99.9 Å². The zero-order valence-corrected chi connectivity index (χ0v) is 19.0. The average molecular weight is 511 g/mol. The molecule has 1 amide bonds. The Morgan fingerprint density at radius 1 is 1.10 bits per heavy atom. The molecule has 0 atom stereocenters. The second-order valence-corrected chi connectivity index (χ2v) is 6.51. The van der Waals surface area contributed by atoms with E-state index in [1.165, 1.54) is 17.0 Å². The van der Waals surface area contributed by atoms with Gasteiger partial charge in [-0.3, -0.25) is 14.9 Å². The van der Waals surface area contributed by atoms with Gasteiger partial charge in [-0.15, -0.1) is 24.0 Å². The first-order chi connectivity index (χ1) is 13.4. The van der Waals surface area contributed by atoms with Crippen molar-refractivity contribution in [1.82, 2.24) is 15.5 Å². The number of likely N-dealkylation sites (N-methyl/N-ethyl adjacent to an activating group) is 1. The average Bonchev–Trinajstić information content (AvgIpc) is 2.68. The predicted octanol–water partition coefficient (Wildman–Crippen LogP) is 2.84. The third-order valence-electron chi connectivity index (χ3n) is 4.18. The number of aryl methyl sites for hydroxylation is 1. The highest BCUT2D eigenvalue weighted by Crippen LogP contribution is 2.12. The fourth-order valence-electron chi connectivity index (χ4n) is 2.37. The number of nitrogens with zero attached hydrogens (tertiary/aromatic N) is 3. The maximum absolute atomic E-state index is 11.9. The lowest BCUT2D eigenvalue weighted by molar-refractivity contribution is -0.384. The standard InChI is InChI=1S/C20H25N5O3.HI/c1-15-6-4-5-7-17(15)13-22-20(23-14-19(26)24(2)3)21-12-16-8-10-18(11-9-16)25(27)28;/h4-11H,12-14H2,1-3H3,(H2,21,22,23);1H. The van der Waals surface area contributed by atoms with Crippen molar-refractivity contribution >= 4 is 41.5 Å². The van der Waals surface area contributed by atoms with Crippen LogP contribution < -0.4 is 10.6 Å². The van der Waals surface area contributed by atoms with Crippen LogP contribution in [0.2, 0.25) is 0 Å². The van der Waals surface area contributed by atoms with Crippen molar-refractivity contribution in [3.63, 3.8) is 0 Å². The maximum Gasteiger partial charge on any atom is 0.269 e. The van der Waals surface area contributed by atoms with Crippen molar-refractivity contribution in [2.75, 3.05) is 20.6 Å². The summed E-state index contributed by atoms with van der Waals surface area (Å²) >= 11 is 0. The van der Waals surface area contributed by atoms with Crippen molar-refractivity contribution < 1.29 is 9.72 Å². The minimum Gasteiger partial charge on any atom is -0.352 e. The molecule has 0 bridgehead atoms. The molecule has 0 radical (unpaired) electrons. The molecule has 0 fully saturated rings. The number of hydrogen-bond acceptors (Lipinski definition) is 4. The number of benzene rings is 2. The van der Waals surface area contributed by atoms with E-state index in [0.29, 0.717) is 19.0 Å². The van der Waals surface area contributed by atoms with E-state index in [1.807, 2.05) is 31.2 Å². The molecule has 0 unspecified atom stereocenters. The van der Waals surface area contributed by atoms with Gasteiger partial charge in [0.25, 0.3) is 5.69 Å². The van der Waals surface area contributed by atoms with E-state index in [4.69, 9.17) is 0 Å². The van der Waals surface area contributed by atoms with Gasteiger partial charge in [-0.2, -0.15) is 0 Å². The monoisotopic (exact) mass is 511 g/mol. The zero-order valence-electron chi connectivity index (χ0n) is 16.7. The number of nitro benzene ring substituents is 1. The third kappa shape index (κ3) is 8.06. The van der Waals surface area contributed by atoms with Crippen LogP contribution in [0.1, 0.15) is 16.7 Å². The van der Waals surface area contributed by atoms with Gasteiger partial charge in [-0.05, 0) is 23.6 Å². The first-order valence-electron chi connectivity index (χ1n) is 8.87. The molecule has 9 heteroatoms. The highest BCUT2D eigenvalue weighted by Gasteiger charge is 2.08. The molecule has 0 saturated heterocycles. The maximum atomic E-state index is 11.9. The lowest BCUT2D eigenvalue weighted by atomic mass is 10.1. The van der Waals surface area contributed by atoms with Gasteiger partial charge < -0.3 is 15.5 Å². The summed E-state index contributed by atoms with van der Waals surface area (Å²) in [4.78, 5) is 28.2. The Hall–Kier alpha value is -2.69. The minimum absolute atomic E-state index is 0. The van der Waals surface area contributed by atoms with Crippen LogP contribution in [-0.4, -0.2) is 42.3 Å². The summed E-state index contributed by atoms with van der Waals surface area (Å²) < 4.78 is 0. The molecule has 2 aromatic rings. The molecular weight excluding hydrogens is 485 g/mol. The SMILES string of the molecule is Cc1ccccc1CNC(=NCc1ccc([N+](=O)[O-])cc1)NCC(=O)N(C)C.I.